The molecule has 1 aliphatic rings. The lowest BCUT2D eigenvalue weighted by Gasteiger charge is -2.26. The molecule has 2 heterocycles. The van der Waals surface area contributed by atoms with Gasteiger partial charge in [-0.25, -0.2) is 13.2 Å². The molecule has 9 nitrogen and oxygen atoms in total. The van der Waals surface area contributed by atoms with Gasteiger partial charge >= 0.3 is 5.97 Å². The van der Waals surface area contributed by atoms with E-state index in [-0.39, 0.29) is 10.5 Å². The third kappa shape index (κ3) is 4.21. The number of ether oxygens (including phenoxy) is 1. The first-order chi connectivity index (χ1) is 14.9. The number of aromatic nitrogens is 3. The molecule has 4 rings (SSSR count). The van der Waals surface area contributed by atoms with Crippen LogP contribution in [0.25, 0.3) is 10.9 Å². The number of sulfonamides is 1. The molecule has 0 aliphatic carbocycles. The molecular weight excluding hydrogens is 420 g/mol. The van der Waals surface area contributed by atoms with E-state index in [1.165, 1.54) is 16.4 Å². The molecule has 2 aromatic carbocycles. The molecule has 1 saturated heterocycles. The number of rotatable bonds is 5. The number of hydrogen-bond donors (Lipinski definition) is 0. The number of piperidine rings is 1. The first-order valence-electron chi connectivity index (χ1n) is 9.98. The van der Waals surface area contributed by atoms with Crippen LogP contribution in [0.5, 0.6) is 0 Å². The molecule has 0 spiro atoms. The predicted octanol–water partition coefficient (Wildman–Crippen LogP) is 2.09. The van der Waals surface area contributed by atoms with Crippen LogP contribution in [0.3, 0.4) is 0 Å². The third-order valence-electron chi connectivity index (χ3n) is 5.30. The average molecular weight is 442 g/mol. The van der Waals surface area contributed by atoms with Gasteiger partial charge in [0, 0.05) is 13.1 Å². The summed E-state index contributed by atoms with van der Waals surface area (Å²) in [6, 6.07) is 11.1. The Labute approximate surface area is 179 Å². The first-order valence-corrected chi connectivity index (χ1v) is 11.4. The number of hydrogen-bond acceptors (Lipinski definition) is 7. The van der Waals surface area contributed by atoms with Gasteiger partial charge in [-0.2, -0.15) is 8.99 Å². The molecule has 1 fully saturated rings. The molecule has 1 aliphatic heterocycles. The van der Waals surface area contributed by atoms with E-state index < -0.39 is 28.3 Å². The van der Waals surface area contributed by atoms with Gasteiger partial charge < -0.3 is 4.74 Å². The van der Waals surface area contributed by atoms with Crippen molar-refractivity contribution < 1.29 is 17.9 Å². The summed E-state index contributed by atoms with van der Waals surface area (Å²) in [6.45, 7) is 2.20. The second-order valence-electron chi connectivity index (χ2n) is 7.42. The monoisotopic (exact) mass is 442 g/mol. The maximum atomic E-state index is 13.0. The summed E-state index contributed by atoms with van der Waals surface area (Å²) in [5.41, 5.74) is 0.651. The average Bonchev–Trinajstić information content (AvgIpc) is 2.79. The van der Waals surface area contributed by atoms with Gasteiger partial charge in [-0.3, -0.25) is 4.79 Å². The molecule has 0 N–H and O–H groups in total. The first kappa shape index (κ1) is 21.1. The fourth-order valence-corrected chi connectivity index (χ4v) is 5.33. The standard InChI is InChI=1S/C21H22N4O5S/c1-15-9-10-16(13-19(15)31(28,29)24-11-5-2-6-12-24)21(27)30-14-25-20(26)17-7-3-4-8-18(17)22-23-25/h3-4,7-10,13H,2,5-6,11-12,14H2,1H3. The van der Waals surface area contributed by atoms with Crippen LogP contribution in [-0.2, 0) is 21.5 Å². The maximum absolute atomic E-state index is 13.0. The second kappa shape index (κ2) is 8.56. The zero-order valence-electron chi connectivity index (χ0n) is 17.0. The van der Waals surface area contributed by atoms with Crippen molar-refractivity contribution in [2.75, 3.05) is 13.1 Å². The highest BCUT2D eigenvalue weighted by Crippen LogP contribution is 2.24. The van der Waals surface area contributed by atoms with Gasteiger partial charge in [0.05, 0.1) is 15.8 Å². The predicted molar refractivity (Wildman–Crippen MR) is 113 cm³/mol. The minimum Gasteiger partial charge on any atom is -0.439 e. The van der Waals surface area contributed by atoms with E-state index in [1.54, 1.807) is 37.3 Å². The van der Waals surface area contributed by atoms with Crippen molar-refractivity contribution in [3.8, 4) is 0 Å². The van der Waals surface area contributed by atoms with E-state index in [0.29, 0.717) is 29.6 Å². The summed E-state index contributed by atoms with van der Waals surface area (Å²) in [4.78, 5) is 25.1. The smallest absolute Gasteiger partial charge is 0.339 e. The van der Waals surface area contributed by atoms with Gasteiger partial charge in [-0.1, -0.05) is 29.8 Å². The molecular formula is C21H22N4O5S. The number of nitrogens with zero attached hydrogens (tertiary/aromatic N) is 4. The third-order valence-corrected chi connectivity index (χ3v) is 7.34. The number of aryl methyl sites for hydroxylation is 1. The fraction of sp³-hybridized carbons (Fsp3) is 0.333. The second-order valence-corrected chi connectivity index (χ2v) is 9.32. The Morgan fingerprint density at radius 3 is 2.61 bits per heavy atom. The Balaban J connectivity index is 1.55. The van der Waals surface area contributed by atoms with Crippen LogP contribution in [0.15, 0.2) is 52.2 Å². The molecule has 0 saturated carbocycles. The Bertz CT molecular complexity index is 1300. The van der Waals surface area contributed by atoms with Crippen LogP contribution in [0, 0.1) is 6.92 Å². The Hall–Kier alpha value is -3.11. The van der Waals surface area contributed by atoms with Crippen molar-refractivity contribution in [2.45, 2.75) is 37.8 Å². The number of esters is 1. The molecule has 0 atom stereocenters. The minimum atomic E-state index is -3.70. The molecule has 3 aromatic rings. The van der Waals surface area contributed by atoms with Crippen LogP contribution >= 0.6 is 0 Å². The van der Waals surface area contributed by atoms with Crippen LogP contribution in [0.4, 0.5) is 0 Å². The molecule has 0 amide bonds. The van der Waals surface area contributed by atoms with Crippen molar-refractivity contribution in [3.05, 3.63) is 63.9 Å². The van der Waals surface area contributed by atoms with Gasteiger partial charge in [0.1, 0.15) is 5.52 Å². The van der Waals surface area contributed by atoms with Crippen molar-refractivity contribution in [2.24, 2.45) is 0 Å². The van der Waals surface area contributed by atoms with Crippen molar-refractivity contribution in [1.82, 2.24) is 19.3 Å². The topological polar surface area (TPSA) is 111 Å². The minimum absolute atomic E-state index is 0.0861. The molecule has 0 bridgehead atoms. The van der Waals surface area contributed by atoms with Gasteiger partial charge in [0.25, 0.3) is 5.56 Å². The van der Waals surface area contributed by atoms with E-state index >= 15 is 0 Å². The SMILES string of the molecule is Cc1ccc(C(=O)OCn2nnc3ccccc3c2=O)cc1S(=O)(=O)N1CCCCC1. The number of benzene rings is 2. The summed E-state index contributed by atoms with van der Waals surface area (Å²) in [5, 5.41) is 8.08. The van der Waals surface area contributed by atoms with Crippen molar-refractivity contribution in [1.29, 1.82) is 0 Å². The van der Waals surface area contributed by atoms with Crippen LogP contribution < -0.4 is 5.56 Å². The molecule has 1 aromatic heterocycles. The van der Waals surface area contributed by atoms with Crippen LogP contribution in [-0.4, -0.2) is 46.8 Å². The highest BCUT2D eigenvalue weighted by molar-refractivity contribution is 7.89. The lowest BCUT2D eigenvalue weighted by atomic mass is 10.1. The highest BCUT2D eigenvalue weighted by atomic mass is 32.2. The largest absolute Gasteiger partial charge is 0.439 e. The summed E-state index contributed by atoms with van der Waals surface area (Å²) in [7, 11) is -3.70. The zero-order valence-corrected chi connectivity index (χ0v) is 17.8. The van der Waals surface area contributed by atoms with Crippen LogP contribution in [0.2, 0.25) is 0 Å². The highest BCUT2D eigenvalue weighted by Gasteiger charge is 2.28. The molecule has 0 radical (unpaired) electrons. The summed E-state index contributed by atoms with van der Waals surface area (Å²) in [5.74, 6) is -0.753. The normalized spacial score (nSPS) is 15.1. The Morgan fingerprint density at radius 1 is 1.10 bits per heavy atom. The maximum Gasteiger partial charge on any atom is 0.339 e. The Kier molecular flexibility index (Phi) is 5.84. The quantitative estimate of drug-likeness (QED) is 0.556. The lowest BCUT2D eigenvalue weighted by Crippen LogP contribution is -2.36. The van der Waals surface area contributed by atoms with E-state index in [1.807, 2.05) is 0 Å². The van der Waals surface area contributed by atoms with Crippen LogP contribution in [0.1, 0.15) is 35.2 Å². The van der Waals surface area contributed by atoms with E-state index in [0.717, 1.165) is 23.9 Å². The van der Waals surface area contributed by atoms with Gasteiger partial charge in [-0.05, 0) is 49.6 Å². The molecule has 162 valence electrons. The Morgan fingerprint density at radius 2 is 1.84 bits per heavy atom. The molecule has 10 heteroatoms. The van der Waals surface area contributed by atoms with Gasteiger partial charge in [0.15, 0.2) is 6.73 Å². The van der Waals surface area contributed by atoms with Crippen molar-refractivity contribution >= 4 is 26.9 Å². The number of carbonyl (C=O) groups excluding carboxylic acids is 1. The fourth-order valence-electron chi connectivity index (χ4n) is 3.56. The van der Waals surface area contributed by atoms with Gasteiger partial charge in [0.2, 0.25) is 10.0 Å². The van der Waals surface area contributed by atoms with Crippen molar-refractivity contribution in [3.63, 3.8) is 0 Å². The van der Waals surface area contributed by atoms with E-state index in [9.17, 15) is 18.0 Å². The summed E-state index contributed by atoms with van der Waals surface area (Å²) in [6.07, 6.45) is 2.65. The van der Waals surface area contributed by atoms with E-state index in [4.69, 9.17) is 4.74 Å². The lowest BCUT2D eigenvalue weighted by molar-refractivity contribution is 0.0336. The summed E-state index contributed by atoms with van der Waals surface area (Å²) >= 11 is 0. The number of carbonyl (C=O) groups is 1. The summed E-state index contributed by atoms with van der Waals surface area (Å²) < 4.78 is 33.7. The zero-order chi connectivity index (χ0) is 22.0. The molecule has 0 unspecified atom stereocenters. The van der Waals surface area contributed by atoms with E-state index in [2.05, 4.69) is 10.3 Å². The molecule has 31 heavy (non-hydrogen) atoms. The van der Waals surface area contributed by atoms with Gasteiger partial charge in [-0.15, -0.1) is 5.10 Å². The number of fused-ring (bicyclic) bond motifs is 1.